The minimum Gasteiger partial charge on any atom is -0.302 e. The maximum Gasteiger partial charge on any atom is 0.229 e. The fourth-order valence-corrected chi connectivity index (χ4v) is 4.85. The molecule has 104 valence electrons. The molecule has 2 aromatic rings. The van der Waals surface area contributed by atoms with Gasteiger partial charge in [-0.25, -0.2) is 4.98 Å². The molecule has 1 amide bonds. The summed E-state index contributed by atoms with van der Waals surface area (Å²) in [6.07, 6.45) is 4.91. The van der Waals surface area contributed by atoms with Crippen LogP contribution in [0.15, 0.2) is 18.2 Å². The number of thiazole rings is 1. The number of carbonyl (C=O) groups excluding carboxylic acids is 1. The van der Waals surface area contributed by atoms with Crippen LogP contribution in [0.1, 0.15) is 31.2 Å². The molecule has 4 rings (SSSR count). The van der Waals surface area contributed by atoms with Crippen LogP contribution >= 0.6 is 11.3 Å². The second-order valence-electron chi connectivity index (χ2n) is 6.21. The van der Waals surface area contributed by atoms with Crippen LogP contribution in [0.3, 0.4) is 0 Å². The van der Waals surface area contributed by atoms with Crippen molar-refractivity contribution in [1.29, 1.82) is 0 Å². The van der Waals surface area contributed by atoms with Crippen LogP contribution in [-0.2, 0) is 4.79 Å². The number of nitrogens with one attached hydrogen (secondary N) is 1. The third-order valence-electron chi connectivity index (χ3n) is 4.93. The highest BCUT2D eigenvalue weighted by atomic mass is 32.1. The molecule has 2 saturated carbocycles. The molecule has 0 radical (unpaired) electrons. The number of carbonyl (C=O) groups is 1. The topological polar surface area (TPSA) is 42.0 Å². The van der Waals surface area contributed by atoms with Gasteiger partial charge >= 0.3 is 0 Å². The zero-order valence-electron chi connectivity index (χ0n) is 11.6. The molecule has 0 aliphatic heterocycles. The molecule has 3 atom stereocenters. The number of anilines is 1. The number of para-hydroxylation sites is 1. The summed E-state index contributed by atoms with van der Waals surface area (Å²) in [7, 11) is 0. The lowest BCUT2D eigenvalue weighted by molar-refractivity contribution is -0.121. The van der Waals surface area contributed by atoms with Crippen molar-refractivity contribution in [3.63, 3.8) is 0 Å². The van der Waals surface area contributed by atoms with Crippen LogP contribution in [0.5, 0.6) is 0 Å². The summed E-state index contributed by atoms with van der Waals surface area (Å²) in [5.74, 6) is 1.83. The Morgan fingerprint density at radius 3 is 2.95 bits per heavy atom. The third kappa shape index (κ3) is 1.94. The fraction of sp³-hybridized carbons (Fsp3) is 0.500. The number of rotatable bonds is 2. The van der Waals surface area contributed by atoms with Crippen molar-refractivity contribution in [2.45, 2.75) is 32.6 Å². The number of hydrogen-bond donors (Lipinski definition) is 1. The molecular weight excluding hydrogens is 268 g/mol. The van der Waals surface area contributed by atoms with Crippen molar-refractivity contribution in [2.75, 3.05) is 5.32 Å². The predicted molar refractivity (Wildman–Crippen MR) is 81.9 cm³/mol. The van der Waals surface area contributed by atoms with E-state index in [-0.39, 0.29) is 11.8 Å². The highest BCUT2D eigenvalue weighted by Crippen LogP contribution is 2.48. The summed E-state index contributed by atoms with van der Waals surface area (Å²) < 4.78 is 1.15. The molecule has 1 aromatic carbocycles. The maximum atomic E-state index is 12.4. The lowest BCUT2D eigenvalue weighted by atomic mass is 9.88. The van der Waals surface area contributed by atoms with E-state index in [1.54, 1.807) is 11.3 Å². The molecule has 0 spiro atoms. The highest BCUT2D eigenvalue weighted by molar-refractivity contribution is 7.22. The lowest BCUT2D eigenvalue weighted by Crippen LogP contribution is -2.27. The lowest BCUT2D eigenvalue weighted by Gasteiger charge is -2.19. The Hall–Kier alpha value is -1.42. The van der Waals surface area contributed by atoms with Gasteiger partial charge in [-0.15, -0.1) is 0 Å². The van der Waals surface area contributed by atoms with Crippen LogP contribution in [0.25, 0.3) is 10.2 Å². The monoisotopic (exact) mass is 286 g/mol. The minimum atomic E-state index is 0.189. The van der Waals surface area contributed by atoms with Crippen LogP contribution in [0.2, 0.25) is 0 Å². The smallest absolute Gasteiger partial charge is 0.229 e. The van der Waals surface area contributed by atoms with Gasteiger partial charge in [-0.1, -0.05) is 29.9 Å². The van der Waals surface area contributed by atoms with Gasteiger partial charge in [0.25, 0.3) is 0 Å². The summed E-state index contributed by atoms with van der Waals surface area (Å²) >= 11 is 1.58. The van der Waals surface area contributed by atoms with E-state index in [1.165, 1.54) is 24.8 Å². The van der Waals surface area contributed by atoms with Crippen LogP contribution < -0.4 is 5.32 Å². The van der Waals surface area contributed by atoms with Gasteiger partial charge in [-0.05, 0) is 49.7 Å². The number of aryl methyl sites for hydroxylation is 1. The van der Waals surface area contributed by atoms with Crippen molar-refractivity contribution in [3.05, 3.63) is 23.8 Å². The number of nitrogens with zero attached hydrogens (tertiary/aromatic N) is 1. The van der Waals surface area contributed by atoms with Gasteiger partial charge in [-0.3, -0.25) is 4.79 Å². The standard InChI is InChI=1S/C16H18N2OS/c1-9-3-2-4-13-14(9)17-16(20-13)18-15(19)12-8-10-5-6-11(12)7-10/h2-4,10-12H,5-8H2,1H3,(H,17,18,19)/t10-,11-,12-/m0/s1. The Morgan fingerprint density at radius 2 is 2.25 bits per heavy atom. The Kier molecular flexibility index (Phi) is 2.81. The van der Waals surface area contributed by atoms with E-state index < -0.39 is 0 Å². The van der Waals surface area contributed by atoms with Gasteiger partial charge in [0.1, 0.15) is 0 Å². The summed E-state index contributed by atoms with van der Waals surface area (Å²) in [6, 6.07) is 6.16. The molecule has 1 aromatic heterocycles. The molecule has 2 fully saturated rings. The van der Waals surface area contributed by atoms with Gasteiger partial charge in [0.05, 0.1) is 10.2 Å². The molecule has 2 aliphatic carbocycles. The van der Waals surface area contributed by atoms with Gasteiger partial charge in [0.15, 0.2) is 5.13 Å². The van der Waals surface area contributed by atoms with Gasteiger partial charge in [0, 0.05) is 5.92 Å². The predicted octanol–water partition coefficient (Wildman–Crippen LogP) is 3.98. The Balaban J connectivity index is 1.55. The van der Waals surface area contributed by atoms with Crippen LogP contribution in [0.4, 0.5) is 5.13 Å². The van der Waals surface area contributed by atoms with Crippen molar-refractivity contribution in [2.24, 2.45) is 17.8 Å². The Labute approximate surface area is 122 Å². The Morgan fingerprint density at radius 1 is 1.35 bits per heavy atom. The number of benzene rings is 1. The zero-order chi connectivity index (χ0) is 13.7. The summed E-state index contributed by atoms with van der Waals surface area (Å²) in [5.41, 5.74) is 2.18. The first-order valence-electron chi connectivity index (χ1n) is 7.38. The summed E-state index contributed by atoms with van der Waals surface area (Å²) in [6.45, 7) is 2.06. The molecule has 0 saturated heterocycles. The summed E-state index contributed by atoms with van der Waals surface area (Å²) in [4.78, 5) is 17.0. The molecule has 2 aliphatic rings. The molecule has 1 N–H and O–H groups in total. The molecule has 4 heteroatoms. The number of aromatic nitrogens is 1. The first-order valence-corrected chi connectivity index (χ1v) is 8.19. The van der Waals surface area contributed by atoms with E-state index in [9.17, 15) is 4.79 Å². The van der Waals surface area contributed by atoms with Gasteiger partial charge < -0.3 is 5.32 Å². The number of hydrogen-bond acceptors (Lipinski definition) is 3. The zero-order valence-corrected chi connectivity index (χ0v) is 12.4. The van der Waals surface area contributed by atoms with E-state index in [2.05, 4.69) is 29.4 Å². The maximum absolute atomic E-state index is 12.4. The van der Waals surface area contributed by atoms with E-state index >= 15 is 0 Å². The normalized spacial score (nSPS) is 28.1. The minimum absolute atomic E-state index is 0.189. The average molecular weight is 286 g/mol. The molecule has 2 bridgehead atoms. The van der Waals surface area contributed by atoms with Crippen molar-refractivity contribution >= 4 is 32.6 Å². The van der Waals surface area contributed by atoms with E-state index in [1.807, 2.05) is 6.07 Å². The average Bonchev–Trinajstić information content (AvgIpc) is 3.12. The Bertz CT molecular complexity index is 678. The van der Waals surface area contributed by atoms with E-state index in [4.69, 9.17) is 0 Å². The summed E-state index contributed by atoms with van der Waals surface area (Å²) in [5, 5.41) is 3.81. The third-order valence-corrected chi connectivity index (χ3v) is 5.86. The highest BCUT2D eigenvalue weighted by Gasteiger charge is 2.43. The van der Waals surface area contributed by atoms with E-state index in [0.29, 0.717) is 5.92 Å². The van der Waals surface area contributed by atoms with Gasteiger partial charge in [0.2, 0.25) is 5.91 Å². The van der Waals surface area contributed by atoms with Gasteiger partial charge in [-0.2, -0.15) is 0 Å². The van der Waals surface area contributed by atoms with E-state index in [0.717, 1.165) is 27.7 Å². The SMILES string of the molecule is Cc1cccc2sc(NC(=O)[C@H]3C[C@H]4CC[C@H]3C4)nc12. The second kappa shape index (κ2) is 4.55. The van der Waals surface area contributed by atoms with Crippen LogP contribution in [0, 0.1) is 24.7 Å². The first-order chi connectivity index (χ1) is 9.70. The molecule has 3 nitrogen and oxygen atoms in total. The second-order valence-corrected chi connectivity index (χ2v) is 7.24. The first kappa shape index (κ1) is 12.3. The van der Waals surface area contributed by atoms with Crippen molar-refractivity contribution in [1.82, 2.24) is 4.98 Å². The largest absolute Gasteiger partial charge is 0.302 e. The molecule has 20 heavy (non-hydrogen) atoms. The quantitative estimate of drug-likeness (QED) is 0.907. The number of amides is 1. The fourth-order valence-electron chi connectivity index (χ4n) is 3.90. The molecule has 0 unspecified atom stereocenters. The van der Waals surface area contributed by atoms with Crippen molar-refractivity contribution in [3.8, 4) is 0 Å². The number of fused-ring (bicyclic) bond motifs is 3. The van der Waals surface area contributed by atoms with Crippen molar-refractivity contribution < 1.29 is 4.79 Å². The van der Waals surface area contributed by atoms with Crippen LogP contribution in [-0.4, -0.2) is 10.9 Å². The molecular formula is C16H18N2OS. The molecule has 1 heterocycles.